The molecule has 1 aliphatic rings. The summed E-state index contributed by atoms with van der Waals surface area (Å²) in [5, 5.41) is 2.38. The lowest BCUT2D eigenvalue weighted by Crippen LogP contribution is -2.32. The minimum Gasteiger partial charge on any atom is -0.322 e. The van der Waals surface area contributed by atoms with E-state index in [9.17, 15) is 22.0 Å². The molecule has 1 amide bonds. The average Bonchev–Trinajstić information content (AvgIpc) is 2.92. The number of carbonyl (C=O) groups excluding carboxylic acids is 1. The molecule has 2 aromatic carbocycles. The Balaban J connectivity index is 1.88. The van der Waals surface area contributed by atoms with Crippen LogP contribution in [0.25, 0.3) is 0 Å². The van der Waals surface area contributed by atoms with E-state index in [1.807, 2.05) is 0 Å². The fourth-order valence-corrected chi connectivity index (χ4v) is 4.58. The van der Waals surface area contributed by atoms with Crippen LogP contribution >= 0.6 is 0 Å². The summed E-state index contributed by atoms with van der Waals surface area (Å²) < 4.78 is 54.5. The highest BCUT2D eigenvalue weighted by Crippen LogP contribution is 2.23. The molecule has 1 saturated heterocycles. The summed E-state index contributed by atoms with van der Waals surface area (Å²) in [6, 6.07) is 8.32. The molecule has 27 heavy (non-hydrogen) atoms. The van der Waals surface area contributed by atoms with Crippen molar-refractivity contribution in [1.82, 2.24) is 4.31 Å². The molecule has 0 saturated carbocycles. The van der Waals surface area contributed by atoms with Crippen LogP contribution in [0, 0.1) is 11.6 Å². The molecule has 1 aliphatic heterocycles. The first-order valence-electron chi connectivity index (χ1n) is 8.74. The highest BCUT2D eigenvalue weighted by Gasteiger charge is 2.27. The van der Waals surface area contributed by atoms with E-state index in [-0.39, 0.29) is 10.6 Å². The zero-order chi connectivity index (χ0) is 19.4. The first-order chi connectivity index (χ1) is 12.9. The topological polar surface area (TPSA) is 66.5 Å². The van der Waals surface area contributed by atoms with Gasteiger partial charge in [-0.3, -0.25) is 4.79 Å². The highest BCUT2D eigenvalue weighted by molar-refractivity contribution is 7.89. The van der Waals surface area contributed by atoms with Crippen LogP contribution in [0.2, 0.25) is 0 Å². The van der Waals surface area contributed by atoms with Crippen molar-refractivity contribution in [3.05, 3.63) is 59.7 Å². The van der Waals surface area contributed by atoms with Crippen LogP contribution in [-0.2, 0) is 10.0 Å². The van der Waals surface area contributed by atoms with Crippen molar-refractivity contribution in [2.75, 3.05) is 18.4 Å². The van der Waals surface area contributed by atoms with Gasteiger partial charge in [-0.25, -0.2) is 17.2 Å². The minimum absolute atomic E-state index is 0.129. The zero-order valence-electron chi connectivity index (χ0n) is 14.6. The Kier molecular flexibility index (Phi) is 5.86. The quantitative estimate of drug-likeness (QED) is 0.858. The van der Waals surface area contributed by atoms with Crippen molar-refractivity contribution in [2.45, 2.75) is 30.6 Å². The number of hydrogen-bond donors (Lipinski definition) is 1. The summed E-state index contributed by atoms with van der Waals surface area (Å²) >= 11 is 0. The van der Waals surface area contributed by atoms with E-state index < -0.39 is 33.1 Å². The van der Waals surface area contributed by atoms with Gasteiger partial charge in [0.1, 0.15) is 11.6 Å². The molecule has 144 valence electrons. The number of anilines is 1. The van der Waals surface area contributed by atoms with Crippen molar-refractivity contribution < 1.29 is 22.0 Å². The van der Waals surface area contributed by atoms with E-state index in [2.05, 4.69) is 5.32 Å². The van der Waals surface area contributed by atoms with E-state index in [0.29, 0.717) is 13.1 Å². The summed E-state index contributed by atoms with van der Waals surface area (Å²) in [6.45, 7) is 0.815. The molecule has 0 atom stereocenters. The van der Waals surface area contributed by atoms with Gasteiger partial charge in [-0.15, -0.1) is 0 Å². The van der Waals surface area contributed by atoms with Crippen molar-refractivity contribution in [3.63, 3.8) is 0 Å². The highest BCUT2D eigenvalue weighted by atomic mass is 32.2. The fraction of sp³-hybridized carbons (Fsp3) is 0.316. The number of sulfonamides is 1. The third-order valence-corrected chi connectivity index (χ3v) is 6.36. The summed E-state index contributed by atoms with van der Waals surface area (Å²) in [4.78, 5) is 12.2. The van der Waals surface area contributed by atoms with E-state index in [4.69, 9.17) is 0 Å². The van der Waals surface area contributed by atoms with Gasteiger partial charge in [0.25, 0.3) is 5.91 Å². The van der Waals surface area contributed by atoms with Crippen LogP contribution in [0.5, 0.6) is 0 Å². The summed E-state index contributed by atoms with van der Waals surface area (Å²) in [5.74, 6) is -2.24. The van der Waals surface area contributed by atoms with Crippen LogP contribution in [0.3, 0.4) is 0 Å². The second-order valence-corrected chi connectivity index (χ2v) is 8.36. The van der Waals surface area contributed by atoms with Gasteiger partial charge in [0.05, 0.1) is 10.5 Å². The molecule has 0 radical (unpaired) electrons. The largest absolute Gasteiger partial charge is 0.322 e. The standard InChI is InChI=1S/C19H20F2N2O3S/c20-14-6-5-7-15(12-14)22-19(24)17-13-16(8-9-18(17)21)27(25,26)23-10-3-1-2-4-11-23/h5-9,12-13H,1-4,10-11H2,(H,22,24). The Hall–Kier alpha value is -2.32. The third kappa shape index (κ3) is 4.51. The Labute approximate surface area is 157 Å². The smallest absolute Gasteiger partial charge is 0.258 e. The second kappa shape index (κ2) is 8.14. The molecule has 0 spiro atoms. The normalized spacial score (nSPS) is 15.9. The Morgan fingerprint density at radius 3 is 2.33 bits per heavy atom. The summed E-state index contributed by atoms with van der Waals surface area (Å²) in [6.07, 6.45) is 3.48. The molecule has 1 fully saturated rings. The maximum Gasteiger partial charge on any atom is 0.258 e. The Morgan fingerprint density at radius 1 is 0.963 bits per heavy atom. The molecule has 0 unspecified atom stereocenters. The van der Waals surface area contributed by atoms with E-state index in [1.165, 1.54) is 22.5 Å². The number of carbonyl (C=O) groups is 1. The van der Waals surface area contributed by atoms with Gasteiger partial charge < -0.3 is 5.32 Å². The lowest BCUT2D eigenvalue weighted by Gasteiger charge is -2.20. The molecule has 1 N–H and O–H groups in total. The number of nitrogens with zero attached hydrogens (tertiary/aromatic N) is 1. The third-order valence-electron chi connectivity index (χ3n) is 4.47. The number of hydrogen-bond acceptors (Lipinski definition) is 3. The molecular weight excluding hydrogens is 374 g/mol. The van der Waals surface area contributed by atoms with E-state index >= 15 is 0 Å². The van der Waals surface area contributed by atoms with Crippen molar-refractivity contribution in [3.8, 4) is 0 Å². The zero-order valence-corrected chi connectivity index (χ0v) is 15.4. The summed E-state index contributed by atoms with van der Waals surface area (Å²) in [7, 11) is -3.81. The van der Waals surface area contributed by atoms with Gasteiger partial charge in [-0.05, 0) is 49.2 Å². The van der Waals surface area contributed by atoms with Gasteiger partial charge in [-0.2, -0.15) is 4.31 Å². The van der Waals surface area contributed by atoms with Crippen LogP contribution in [0.1, 0.15) is 36.0 Å². The maximum absolute atomic E-state index is 14.2. The van der Waals surface area contributed by atoms with Crippen LogP contribution in [0.4, 0.5) is 14.5 Å². The first-order valence-corrected chi connectivity index (χ1v) is 10.2. The number of rotatable bonds is 4. The van der Waals surface area contributed by atoms with Crippen molar-refractivity contribution in [1.29, 1.82) is 0 Å². The molecule has 3 rings (SSSR count). The predicted octanol–water partition coefficient (Wildman–Crippen LogP) is 3.78. The predicted molar refractivity (Wildman–Crippen MR) is 98.0 cm³/mol. The van der Waals surface area contributed by atoms with Crippen LogP contribution < -0.4 is 5.32 Å². The number of halogens is 2. The van der Waals surface area contributed by atoms with Crippen molar-refractivity contribution >= 4 is 21.6 Å². The van der Waals surface area contributed by atoms with Gasteiger partial charge >= 0.3 is 0 Å². The lowest BCUT2D eigenvalue weighted by atomic mass is 10.2. The molecule has 1 heterocycles. The summed E-state index contributed by atoms with van der Waals surface area (Å²) in [5.41, 5.74) is -0.254. The number of amides is 1. The molecular formula is C19H20F2N2O3S. The molecule has 0 aromatic heterocycles. The monoisotopic (exact) mass is 394 g/mol. The molecule has 2 aromatic rings. The number of nitrogens with one attached hydrogen (secondary N) is 1. The van der Waals surface area contributed by atoms with E-state index in [0.717, 1.165) is 49.9 Å². The average molecular weight is 394 g/mol. The van der Waals surface area contributed by atoms with Crippen LogP contribution in [0.15, 0.2) is 47.4 Å². The van der Waals surface area contributed by atoms with Crippen molar-refractivity contribution in [2.24, 2.45) is 0 Å². The van der Waals surface area contributed by atoms with Gasteiger partial charge in [0, 0.05) is 18.8 Å². The SMILES string of the molecule is O=C(Nc1cccc(F)c1)c1cc(S(=O)(=O)N2CCCCCC2)ccc1F. The maximum atomic E-state index is 14.2. The Morgan fingerprint density at radius 2 is 1.67 bits per heavy atom. The van der Waals surface area contributed by atoms with Gasteiger partial charge in [0.15, 0.2) is 0 Å². The lowest BCUT2D eigenvalue weighted by molar-refractivity contribution is 0.102. The molecule has 0 aliphatic carbocycles. The first kappa shape index (κ1) is 19.4. The molecule has 5 nitrogen and oxygen atoms in total. The Bertz CT molecular complexity index is 940. The van der Waals surface area contributed by atoms with Gasteiger partial charge in [-0.1, -0.05) is 18.9 Å². The molecule has 8 heteroatoms. The van der Waals surface area contributed by atoms with Gasteiger partial charge in [0.2, 0.25) is 10.0 Å². The second-order valence-electron chi connectivity index (χ2n) is 6.42. The van der Waals surface area contributed by atoms with Crippen LogP contribution in [-0.4, -0.2) is 31.7 Å². The fourth-order valence-electron chi connectivity index (χ4n) is 3.03. The van der Waals surface area contributed by atoms with E-state index in [1.54, 1.807) is 0 Å². The number of benzene rings is 2. The molecule has 0 bridgehead atoms. The minimum atomic E-state index is -3.81.